The third-order valence-corrected chi connectivity index (χ3v) is 8.47. The summed E-state index contributed by atoms with van der Waals surface area (Å²) in [4.78, 5) is 118. The first-order chi connectivity index (χ1) is 27.9. The molecule has 0 saturated heterocycles. The van der Waals surface area contributed by atoms with Crippen LogP contribution in [0.5, 0.6) is 5.75 Å². The van der Waals surface area contributed by atoms with E-state index in [2.05, 4.69) is 31.6 Å². The lowest BCUT2D eigenvalue weighted by Crippen LogP contribution is -2.61. The molecule has 1 aromatic carbocycles. The van der Waals surface area contributed by atoms with E-state index in [0.29, 0.717) is 5.56 Å². The second kappa shape index (κ2) is 25.0. The Morgan fingerprint density at radius 3 is 1.68 bits per heavy atom. The molecule has 0 unspecified atom stereocenters. The number of carbonyl (C=O) groups is 9. The molecule has 0 radical (unpaired) electrons. The molecule has 0 aliphatic heterocycles. The van der Waals surface area contributed by atoms with Gasteiger partial charge in [-0.25, -0.2) is 4.79 Å². The predicted octanol–water partition coefficient (Wildman–Crippen LogP) is -4.29. The van der Waals surface area contributed by atoms with E-state index in [1.54, 1.807) is 13.8 Å². The molecule has 60 heavy (non-hydrogen) atoms. The molecule has 0 spiro atoms. The molecule has 24 nitrogen and oxygen atoms in total. The van der Waals surface area contributed by atoms with Crippen LogP contribution in [0, 0.1) is 5.92 Å². The van der Waals surface area contributed by atoms with E-state index in [0.717, 1.165) is 6.92 Å². The van der Waals surface area contributed by atoms with Crippen molar-refractivity contribution in [1.82, 2.24) is 31.9 Å². The molecule has 0 aromatic heterocycles. The van der Waals surface area contributed by atoms with E-state index in [1.165, 1.54) is 31.2 Å². The number of phenolic OH excluding ortho intramolecular Hbond substituents is 1. The maximum absolute atomic E-state index is 14.0. The molecular weight excluding hydrogens is 796 g/mol. The van der Waals surface area contributed by atoms with Crippen LogP contribution < -0.4 is 49.1 Å². The van der Waals surface area contributed by atoms with Crippen LogP contribution in [0.4, 0.5) is 0 Å². The summed E-state index contributed by atoms with van der Waals surface area (Å²) in [6, 6.07) is -5.37. The van der Waals surface area contributed by atoms with E-state index in [4.69, 9.17) is 27.4 Å². The van der Waals surface area contributed by atoms with E-state index in [-0.39, 0.29) is 49.9 Å². The van der Waals surface area contributed by atoms with Gasteiger partial charge in [-0.2, -0.15) is 0 Å². The van der Waals surface area contributed by atoms with Gasteiger partial charge in [0.05, 0.1) is 25.0 Å². The largest absolute Gasteiger partial charge is 0.508 e. The molecule has 0 saturated carbocycles. The fourth-order valence-corrected chi connectivity index (χ4v) is 5.36. The minimum absolute atomic E-state index is 0.000542. The number of guanidine groups is 1. The second-order valence-corrected chi connectivity index (χ2v) is 14.3. The van der Waals surface area contributed by atoms with Crippen molar-refractivity contribution in [3.63, 3.8) is 0 Å². The number of aliphatic imine (C=N–C) groups is 1. The Bertz CT molecular complexity index is 1720. The quantitative estimate of drug-likeness (QED) is 0.0238. The third kappa shape index (κ3) is 19.3. The highest BCUT2D eigenvalue weighted by Gasteiger charge is 2.35. The molecule has 0 bridgehead atoms. The average Bonchev–Trinajstić information content (AvgIpc) is 3.13. The van der Waals surface area contributed by atoms with Crippen LogP contribution in [0.3, 0.4) is 0 Å². The smallest absolute Gasteiger partial charge is 0.326 e. The van der Waals surface area contributed by atoms with E-state index in [1.807, 2.05) is 5.32 Å². The van der Waals surface area contributed by atoms with Crippen molar-refractivity contribution in [3.05, 3.63) is 29.8 Å². The summed E-state index contributed by atoms with van der Waals surface area (Å²) in [6.45, 7) is 5.79. The monoisotopic (exact) mass is 852 g/mol. The Morgan fingerprint density at radius 2 is 1.17 bits per heavy atom. The van der Waals surface area contributed by atoms with Crippen molar-refractivity contribution in [3.8, 4) is 5.75 Å². The van der Waals surface area contributed by atoms with E-state index in [9.17, 15) is 58.5 Å². The molecule has 24 heteroatoms. The lowest BCUT2D eigenvalue weighted by Gasteiger charge is -2.28. The summed E-state index contributed by atoms with van der Waals surface area (Å²) in [5, 5.41) is 61.5. The zero-order chi connectivity index (χ0) is 45.9. The highest BCUT2D eigenvalue weighted by Crippen LogP contribution is 2.13. The number of carbonyl (C=O) groups excluding carboxylic acids is 6. The molecule has 0 heterocycles. The lowest BCUT2D eigenvalue weighted by molar-refractivity contribution is -0.147. The minimum atomic E-state index is -1.80. The zero-order valence-electron chi connectivity index (χ0n) is 33.5. The van der Waals surface area contributed by atoms with Crippen LogP contribution in [0.25, 0.3) is 0 Å². The van der Waals surface area contributed by atoms with Crippen LogP contribution in [-0.4, -0.2) is 140 Å². The summed E-state index contributed by atoms with van der Waals surface area (Å²) < 4.78 is 0. The van der Waals surface area contributed by atoms with Crippen molar-refractivity contribution < 1.29 is 68.7 Å². The number of nitrogens with zero attached hydrogens (tertiary/aromatic N) is 1. The normalized spacial score (nSPS) is 14.9. The van der Waals surface area contributed by atoms with E-state index < -0.39 is 115 Å². The number of aliphatic hydroxyl groups is 1. The summed E-state index contributed by atoms with van der Waals surface area (Å²) in [7, 11) is 0. The number of amides is 6. The summed E-state index contributed by atoms with van der Waals surface area (Å²) in [5.74, 6) is -11.1. The van der Waals surface area contributed by atoms with E-state index >= 15 is 0 Å². The van der Waals surface area contributed by atoms with Gasteiger partial charge < -0.3 is 74.6 Å². The number of aliphatic hydroxyl groups excluding tert-OH is 1. The SMILES string of the molecule is CC(C)C[C@H](NC(=O)[C@H](CCCN=C(N)N)NC(=O)[C@H](Cc1ccc(O)cc1)NC(=O)[C@@H](NC(=O)[C@@H](N)CC(=O)O)[C@@H](C)O)C(=O)N[C@@H](C)C(=O)N[C@@H](CC(=O)O)C(=O)O. The highest BCUT2D eigenvalue weighted by atomic mass is 16.4. The van der Waals surface area contributed by atoms with Crippen molar-refractivity contribution >= 4 is 59.3 Å². The van der Waals surface area contributed by atoms with Crippen LogP contribution in [0.2, 0.25) is 0 Å². The van der Waals surface area contributed by atoms with Gasteiger partial charge >= 0.3 is 17.9 Å². The highest BCUT2D eigenvalue weighted by molar-refractivity contribution is 5.97. The Balaban J connectivity index is 3.46. The number of phenols is 1. The van der Waals surface area contributed by atoms with Crippen LogP contribution in [0.1, 0.15) is 65.4 Å². The number of benzene rings is 1. The predicted molar refractivity (Wildman–Crippen MR) is 210 cm³/mol. The number of hydrogen-bond donors (Lipinski definition) is 14. The first-order valence-electron chi connectivity index (χ1n) is 18.7. The molecule has 0 fully saturated rings. The van der Waals surface area contributed by atoms with Gasteiger partial charge in [-0.3, -0.25) is 43.3 Å². The van der Waals surface area contributed by atoms with Gasteiger partial charge in [0.1, 0.15) is 42.0 Å². The molecular formula is C36H56N10O14. The zero-order valence-corrected chi connectivity index (χ0v) is 33.5. The topological polar surface area (TPSA) is 417 Å². The van der Waals surface area contributed by atoms with Crippen molar-refractivity contribution in [2.75, 3.05) is 6.54 Å². The molecule has 1 aromatic rings. The molecule has 0 aliphatic carbocycles. The third-order valence-electron chi connectivity index (χ3n) is 8.47. The lowest BCUT2D eigenvalue weighted by atomic mass is 10.0. The Labute approximate surface area is 344 Å². The van der Waals surface area contributed by atoms with Crippen molar-refractivity contribution in [2.45, 2.75) is 115 Å². The average molecular weight is 853 g/mol. The number of aromatic hydroxyl groups is 1. The Kier molecular flexibility index (Phi) is 21.5. The number of carboxylic acid groups (broad SMARTS) is 3. The molecule has 1 rings (SSSR count). The standard InChI is InChI=1S/C36H56N10O14/c1-16(2)12-23(32(56)41-17(3)29(53)45-25(35(59)60)15-27(51)52)43-31(55)22(6-5-11-40-36(38)39)42-33(57)24(13-19-7-9-20(48)10-8-19)44-34(58)28(18(4)47)46-30(54)21(37)14-26(49)50/h7-10,16-18,21-25,28,47-48H,5-6,11-15,37H2,1-4H3,(H,41,56)(H,42,57)(H,43,55)(H,44,58)(H,45,53)(H,46,54)(H,49,50)(H,51,52)(H,59,60)(H4,38,39,40)/t17-,18+,21-,22-,23-,24-,25-,28-/m0/s1. The van der Waals surface area contributed by atoms with Gasteiger partial charge in [-0.05, 0) is 56.7 Å². The fourth-order valence-electron chi connectivity index (χ4n) is 5.36. The number of nitrogens with one attached hydrogen (secondary N) is 6. The van der Waals surface area contributed by atoms with Gasteiger partial charge in [0.2, 0.25) is 35.4 Å². The maximum atomic E-state index is 14.0. The van der Waals surface area contributed by atoms with Gasteiger partial charge in [-0.1, -0.05) is 26.0 Å². The Morgan fingerprint density at radius 1 is 0.650 bits per heavy atom. The number of nitrogens with two attached hydrogens (primary N) is 3. The molecule has 17 N–H and O–H groups in total. The second-order valence-electron chi connectivity index (χ2n) is 14.3. The number of carboxylic acids is 3. The maximum Gasteiger partial charge on any atom is 0.326 e. The van der Waals surface area contributed by atoms with Crippen LogP contribution in [-0.2, 0) is 49.6 Å². The van der Waals surface area contributed by atoms with Crippen LogP contribution in [0.15, 0.2) is 29.3 Å². The van der Waals surface area contributed by atoms with Crippen molar-refractivity contribution in [2.24, 2.45) is 28.1 Å². The molecule has 334 valence electrons. The summed E-state index contributed by atoms with van der Waals surface area (Å²) in [5.41, 5.74) is 16.8. The molecule has 6 amide bonds. The number of hydrogen-bond acceptors (Lipinski definition) is 13. The summed E-state index contributed by atoms with van der Waals surface area (Å²) >= 11 is 0. The van der Waals surface area contributed by atoms with Crippen molar-refractivity contribution in [1.29, 1.82) is 0 Å². The minimum Gasteiger partial charge on any atom is -0.508 e. The van der Waals surface area contributed by atoms with Gasteiger partial charge in [0.15, 0.2) is 5.96 Å². The van der Waals surface area contributed by atoms with Gasteiger partial charge in [0.25, 0.3) is 0 Å². The van der Waals surface area contributed by atoms with Gasteiger partial charge in [0, 0.05) is 13.0 Å². The Hall–Kier alpha value is -6.56. The number of aliphatic carboxylic acids is 3. The number of rotatable bonds is 26. The summed E-state index contributed by atoms with van der Waals surface area (Å²) in [6.07, 6.45) is -3.64. The molecule has 8 atom stereocenters. The first-order valence-corrected chi connectivity index (χ1v) is 18.7. The van der Waals surface area contributed by atoms with Crippen LogP contribution >= 0.6 is 0 Å². The van der Waals surface area contributed by atoms with Gasteiger partial charge in [-0.15, -0.1) is 0 Å². The first kappa shape index (κ1) is 51.5. The fraction of sp³-hybridized carbons (Fsp3) is 0.556. The molecule has 0 aliphatic rings.